The van der Waals surface area contributed by atoms with Crippen LogP contribution in [-0.4, -0.2) is 55.2 Å². The van der Waals surface area contributed by atoms with Crippen molar-refractivity contribution < 1.29 is 9.90 Å². The second-order valence-electron chi connectivity index (χ2n) is 4.32. The van der Waals surface area contributed by atoms with Crippen LogP contribution in [0.2, 0.25) is 0 Å². The molecule has 1 rings (SSSR count). The Morgan fingerprint density at radius 2 is 2.07 bits per heavy atom. The lowest BCUT2D eigenvalue weighted by Crippen LogP contribution is -2.54. The molecule has 4 N–H and O–H groups in total. The molecule has 1 fully saturated rings. The van der Waals surface area contributed by atoms with Crippen molar-refractivity contribution in [3.05, 3.63) is 0 Å². The molecule has 1 aliphatic rings. The van der Waals surface area contributed by atoms with E-state index in [2.05, 4.69) is 17.3 Å². The molecule has 0 aromatic rings. The van der Waals surface area contributed by atoms with Crippen LogP contribution < -0.4 is 11.1 Å². The van der Waals surface area contributed by atoms with Gasteiger partial charge in [-0.25, -0.2) is 0 Å². The highest BCUT2D eigenvalue weighted by Gasteiger charge is 2.31. The van der Waals surface area contributed by atoms with Gasteiger partial charge in [0.05, 0.1) is 0 Å². The lowest BCUT2D eigenvalue weighted by Gasteiger charge is -2.34. The van der Waals surface area contributed by atoms with Gasteiger partial charge in [-0.3, -0.25) is 4.79 Å². The number of nitrogens with zero attached hydrogens (tertiary/aromatic N) is 1. The largest absolute Gasteiger partial charge is 0.480 e. The van der Waals surface area contributed by atoms with E-state index in [1.54, 1.807) is 7.05 Å². The molecule has 0 spiro atoms. The minimum atomic E-state index is -0.857. The Morgan fingerprint density at radius 1 is 1.53 bits per heavy atom. The van der Waals surface area contributed by atoms with Crippen molar-refractivity contribution in [1.82, 2.24) is 10.2 Å². The number of carboxylic acids is 1. The Hall–Kier alpha value is -0.650. The van der Waals surface area contributed by atoms with E-state index >= 15 is 0 Å². The van der Waals surface area contributed by atoms with Gasteiger partial charge in [0, 0.05) is 6.04 Å². The van der Waals surface area contributed by atoms with Crippen LogP contribution in [0.15, 0.2) is 0 Å². The van der Waals surface area contributed by atoms with Gasteiger partial charge in [-0.05, 0) is 45.9 Å². The Kier molecular flexibility index (Phi) is 4.50. The van der Waals surface area contributed by atoms with E-state index in [1.807, 2.05) is 0 Å². The van der Waals surface area contributed by atoms with Gasteiger partial charge in [0.25, 0.3) is 0 Å². The molecule has 5 nitrogen and oxygen atoms in total. The van der Waals surface area contributed by atoms with Crippen molar-refractivity contribution in [3.63, 3.8) is 0 Å². The number of carboxylic acid groups (broad SMARTS) is 1. The van der Waals surface area contributed by atoms with E-state index in [-0.39, 0.29) is 6.04 Å². The van der Waals surface area contributed by atoms with Crippen molar-refractivity contribution in [2.75, 3.05) is 27.2 Å². The zero-order chi connectivity index (χ0) is 11.4. The van der Waals surface area contributed by atoms with Crippen LogP contribution >= 0.6 is 0 Å². The molecule has 0 saturated carbocycles. The molecule has 0 radical (unpaired) electrons. The summed E-state index contributed by atoms with van der Waals surface area (Å²) >= 11 is 0. The van der Waals surface area contributed by atoms with E-state index in [0.717, 1.165) is 25.9 Å². The minimum absolute atomic E-state index is 0.291. The second-order valence-corrected chi connectivity index (χ2v) is 4.32. The molecule has 1 saturated heterocycles. The number of aliphatic carboxylic acids is 1. The predicted octanol–water partition coefficient (Wildman–Crippen LogP) is -0.672. The van der Waals surface area contributed by atoms with Gasteiger partial charge in [-0.1, -0.05) is 0 Å². The third kappa shape index (κ3) is 3.15. The number of nitrogens with two attached hydrogens (primary N) is 1. The molecule has 88 valence electrons. The van der Waals surface area contributed by atoms with E-state index in [4.69, 9.17) is 10.8 Å². The third-order valence-corrected chi connectivity index (χ3v) is 3.27. The molecule has 1 aliphatic heterocycles. The quantitative estimate of drug-likeness (QED) is 0.579. The number of hydrogen-bond donors (Lipinski definition) is 3. The molecule has 0 aromatic carbocycles. The van der Waals surface area contributed by atoms with E-state index in [1.165, 1.54) is 0 Å². The SMILES string of the molecule is CNC(C(=O)O)C(N)C1CCN(C)CC1. The summed E-state index contributed by atoms with van der Waals surface area (Å²) in [6.45, 7) is 2.02. The highest BCUT2D eigenvalue weighted by Crippen LogP contribution is 2.20. The molecule has 2 unspecified atom stereocenters. The van der Waals surface area contributed by atoms with Gasteiger partial charge < -0.3 is 21.1 Å². The standard InChI is InChI=1S/C10H21N3O2/c1-12-9(10(14)15)8(11)7-3-5-13(2)6-4-7/h7-9,12H,3-6,11H2,1-2H3,(H,14,15). The molecule has 0 bridgehead atoms. The number of hydrogen-bond acceptors (Lipinski definition) is 4. The van der Waals surface area contributed by atoms with Crippen molar-refractivity contribution in [2.45, 2.75) is 24.9 Å². The van der Waals surface area contributed by atoms with Crippen LogP contribution in [0.1, 0.15) is 12.8 Å². The zero-order valence-corrected chi connectivity index (χ0v) is 9.44. The summed E-state index contributed by atoms with van der Waals surface area (Å²) in [6, 6.07) is -0.917. The number of piperidine rings is 1. The Balaban J connectivity index is 2.51. The van der Waals surface area contributed by atoms with Crippen LogP contribution in [0.5, 0.6) is 0 Å². The predicted molar refractivity (Wildman–Crippen MR) is 58.7 cm³/mol. The number of rotatable bonds is 4. The lowest BCUT2D eigenvalue weighted by atomic mass is 9.86. The van der Waals surface area contributed by atoms with Gasteiger partial charge in [0.1, 0.15) is 6.04 Å². The second kappa shape index (κ2) is 5.44. The molecule has 2 atom stereocenters. The minimum Gasteiger partial charge on any atom is -0.480 e. The average Bonchev–Trinajstić information content (AvgIpc) is 2.19. The van der Waals surface area contributed by atoms with Crippen LogP contribution in [0.4, 0.5) is 0 Å². The molecular formula is C10H21N3O2. The maximum atomic E-state index is 10.9. The van der Waals surface area contributed by atoms with Gasteiger partial charge in [-0.15, -0.1) is 0 Å². The van der Waals surface area contributed by atoms with E-state index in [0.29, 0.717) is 5.92 Å². The van der Waals surface area contributed by atoms with E-state index < -0.39 is 12.0 Å². The summed E-state index contributed by atoms with van der Waals surface area (Å²) in [5, 5.41) is 11.7. The van der Waals surface area contributed by atoms with E-state index in [9.17, 15) is 4.79 Å². The first-order valence-corrected chi connectivity index (χ1v) is 5.40. The number of carbonyl (C=O) groups is 1. The zero-order valence-electron chi connectivity index (χ0n) is 9.44. The van der Waals surface area contributed by atoms with Gasteiger partial charge >= 0.3 is 5.97 Å². The fourth-order valence-electron chi connectivity index (χ4n) is 2.17. The first kappa shape index (κ1) is 12.4. The summed E-state index contributed by atoms with van der Waals surface area (Å²) in [4.78, 5) is 13.2. The molecule has 15 heavy (non-hydrogen) atoms. The molecule has 0 aromatic heterocycles. The van der Waals surface area contributed by atoms with Gasteiger partial charge in [-0.2, -0.15) is 0 Å². The van der Waals surface area contributed by atoms with Crippen LogP contribution in [0.25, 0.3) is 0 Å². The fourth-order valence-corrected chi connectivity index (χ4v) is 2.17. The molecule has 0 amide bonds. The van der Waals surface area contributed by atoms with Crippen LogP contribution in [0.3, 0.4) is 0 Å². The molecule has 5 heteroatoms. The lowest BCUT2D eigenvalue weighted by molar-refractivity contribution is -0.140. The molecule has 1 heterocycles. The van der Waals surface area contributed by atoms with Gasteiger partial charge in [0.2, 0.25) is 0 Å². The first-order valence-electron chi connectivity index (χ1n) is 5.40. The summed E-state index contributed by atoms with van der Waals surface area (Å²) in [7, 11) is 3.72. The smallest absolute Gasteiger partial charge is 0.322 e. The summed E-state index contributed by atoms with van der Waals surface area (Å²) in [6.07, 6.45) is 1.98. The summed E-state index contributed by atoms with van der Waals surface area (Å²) in [5.41, 5.74) is 5.99. The topological polar surface area (TPSA) is 78.6 Å². The number of likely N-dealkylation sites (tertiary alicyclic amines) is 1. The van der Waals surface area contributed by atoms with Gasteiger partial charge in [0.15, 0.2) is 0 Å². The monoisotopic (exact) mass is 215 g/mol. The first-order chi connectivity index (χ1) is 7.06. The highest BCUT2D eigenvalue weighted by atomic mass is 16.4. The van der Waals surface area contributed by atoms with Crippen LogP contribution in [-0.2, 0) is 4.79 Å². The third-order valence-electron chi connectivity index (χ3n) is 3.27. The average molecular weight is 215 g/mol. The maximum absolute atomic E-state index is 10.9. The fraction of sp³-hybridized carbons (Fsp3) is 0.900. The maximum Gasteiger partial charge on any atom is 0.322 e. The molecule has 0 aliphatic carbocycles. The van der Waals surface area contributed by atoms with Crippen molar-refractivity contribution in [1.29, 1.82) is 0 Å². The van der Waals surface area contributed by atoms with Crippen molar-refractivity contribution in [2.24, 2.45) is 11.7 Å². The number of likely N-dealkylation sites (N-methyl/N-ethyl adjacent to an activating group) is 1. The Bertz CT molecular complexity index is 215. The Labute approximate surface area is 90.6 Å². The summed E-state index contributed by atoms with van der Waals surface area (Å²) in [5.74, 6) is -0.543. The van der Waals surface area contributed by atoms with Crippen molar-refractivity contribution >= 4 is 5.97 Å². The molecular weight excluding hydrogens is 194 g/mol. The number of nitrogens with one attached hydrogen (secondary N) is 1. The normalized spacial score (nSPS) is 23.7. The summed E-state index contributed by atoms with van der Waals surface area (Å²) < 4.78 is 0. The van der Waals surface area contributed by atoms with Crippen molar-refractivity contribution in [3.8, 4) is 0 Å². The van der Waals surface area contributed by atoms with Crippen LogP contribution in [0, 0.1) is 5.92 Å². The Morgan fingerprint density at radius 3 is 2.47 bits per heavy atom. The highest BCUT2D eigenvalue weighted by molar-refractivity contribution is 5.74.